The molecular formula is C11H17BrClNO5S. The topological polar surface area (TPSA) is 69.0 Å². The van der Waals surface area contributed by atoms with Gasteiger partial charge in [0.25, 0.3) is 0 Å². The van der Waals surface area contributed by atoms with Crippen molar-refractivity contribution in [2.24, 2.45) is 0 Å². The monoisotopic (exact) mass is 389 g/mol. The molecule has 0 amide bonds. The summed E-state index contributed by atoms with van der Waals surface area (Å²) in [6, 6.07) is 1.42. The molecular weight excluding hydrogens is 374 g/mol. The van der Waals surface area contributed by atoms with Crippen molar-refractivity contribution >= 4 is 37.6 Å². The first-order valence-corrected chi connectivity index (χ1v) is 8.56. The van der Waals surface area contributed by atoms with Gasteiger partial charge in [0.15, 0.2) is 4.67 Å². The molecule has 1 rings (SSSR count). The maximum atomic E-state index is 12.6. The van der Waals surface area contributed by atoms with Gasteiger partial charge in [0.05, 0.1) is 19.1 Å². The predicted molar refractivity (Wildman–Crippen MR) is 78.5 cm³/mol. The Kier molecular flexibility index (Phi) is 7.49. The molecule has 116 valence electrons. The number of hydrogen-bond acceptors (Lipinski definition) is 5. The SMILES string of the molecule is COCCN(CCOC)S(=O)(=O)c1cc(CCl)oc1Br. The molecule has 0 aromatic carbocycles. The third-order valence-corrected chi connectivity index (χ3v) is 5.56. The molecule has 1 heterocycles. The standard InChI is InChI=1S/C11H17BrClNO5S/c1-17-5-3-14(4-6-18-2)20(15,16)10-7-9(8-13)19-11(10)12/h7H,3-6,8H2,1-2H3. The molecule has 6 nitrogen and oxygen atoms in total. The van der Waals surface area contributed by atoms with Gasteiger partial charge in [0.1, 0.15) is 10.7 Å². The predicted octanol–water partition coefficient (Wildman–Crippen LogP) is 2.06. The molecule has 1 aromatic rings. The van der Waals surface area contributed by atoms with Crippen molar-refractivity contribution in [2.75, 3.05) is 40.5 Å². The molecule has 0 aliphatic heterocycles. The molecule has 0 bridgehead atoms. The van der Waals surface area contributed by atoms with Crippen LogP contribution in [0.5, 0.6) is 0 Å². The molecule has 0 aliphatic rings. The van der Waals surface area contributed by atoms with Gasteiger partial charge in [-0.3, -0.25) is 0 Å². The maximum Gasteiger partial charge on any atom is 0.247 e. The molecule has 0 atom stereocenters. The molecule has 0 unspecified atom stereocenters. The highest BCUT2D eigenvalue weighted by Gasteiger charge is 2.29. The summed E-state index contributed by atoms with van der Waals surface area (Å²) in [7, 11) is -0.663. The Morgan fingerprint density at radius 3 is 2.25 bits per heavy atom. The van der Waals surface area contributed by atoms with Crippen LogP contribution in [0, 0.1) is 0 Å². The second-order valence-electron chi connectivity index (χ2n) is 3.87. The lowest BCUT2D eigenvalue weighted by molar-refractivity contribution is 0.150. The number of rotatable bonds is 9. The fourth-order valence-electron chi connectivity index (χ4n) is 1.52. The summed E-state index contributed by atoms with van der Waals surface area (Å²) in [4.78, 5) is 0.0559. The number of ether oxygens (including phenoxy) is 2. The van der Waals surface area contributed by atoms with Gasteiger partial charge in [-0.2, -0.15) is 4.31 Å². The van der Waals surface area contributed by atoms with Crippen LogP contribution in [0.25, 0.3) is 0 Å². The number of halogens is 2. The van der Waals surface area contributed by atoms with Crippen LogP contribution in [0.3, 0.4) is 0 Å². The number of alkyl halides is 1. The van der Waals surface area contributed by atoms with Crippen LogP contribution < -0.4 is 0 Å². The zero-order valence-corrected chi connectivity index (χ0v) is 14.4. The molecule has 0 saturated heterocycles. The Bertz CT molecular complexity index is 511. The average Bonchev–Trinajstić information content (AvgIpc) is 2.80. The van der Waals surface area contributed by atoms with Crippen LogP contribution in [0.4, 0.5) is 0 Å². The van der Waals surface area contributed by atoms with E-state index in [4.69, 9.17) is 25.5 Å². The zero-order chi connectivity index (χ0) is 15.2. The van der Waals surface area contributed by atoms with Crippen molar-refractivity contribution < 1.29 is 22.3 Å². The zero-order valence-electron chi connectivity index (χ0n) is 11.3. The summed E-state index contributed by atoms with van der Waals surface area (Å²) in [6.45, 7) is 1.05. The third-order valence-electron chi connectivity index (χ3n) is 2.55. The van der Waals surface area contributed by atoms with Crippen molar-refractivity contribution in [1.29, 1.82) is 0 Å². The summed E-state index contributed by atoms with van der Waals surface area (Å²) in [6.07, 6.45) is 0. The molecule has 0 aliphatic carbocycles. The van der Waals surface area contributed by atoms with E-state index in [1.54, 1.807) is 0 Å². The van der Waals surface area contributed by atoms with Crippen LogP contribution >= 0.6 is 27.5 Å². The lowest BCUT2D eigenvalue weighted by Gasteiger charge is -2.20. The molecule has 9 heteroatoms. The number of furan rings is 1. The van der Waals surface area contributed by atoms with Gasteiger partial charge in [-0.25, -0.2) is 8.42 Å². The van der Waals surface area contributed by atoms with Crippen LogP contribution in [0.15, 0.2) is 20.0 Å². The summed E-state index contributed by atoms with van der Waals surface area (Å²) < 4.78 is 41.7. The Morgan fingerprint density at radius 2 is 1.85 bits per heavy atom. The largest absolute Gasteiger partial charge is 0.452 e. The van der Waals surface area contributed by atoms with E-state index in [0.29, 0.717) is 19.0 Å². The van der Waals surface area contributed by atoms with Gasteiger partial charge < -0.3 is 13.9 Å². The number of methoxy groups -OCH3 is 2. The third kappa shape index (κ3) is 4.44. The van der Waals surface area contributed by atoms with E-state index in [1.165, 1.54) is 24.6 Å². The van der Waals surface area contributed by atoms with Gasteiger partial charge in [0.2, 0.25) is 10.0 Å². The summed E-state index contributed by atoms with van der Waals surface area (Å²) in [5, 5.41) is 0. The Balaban J connectivity index is 3.03. The highest BCUT2D eigenvalue weighted by atomic mass is 79.9. The van der Waals surface area contributed by atoms with E-state index >= 15 is 0 Å². The van der Waals surface area contributed by atoms with Gasteiger partial charge in [-0.1, -0.05) is 0 Å². The average molecular weight is 391 g/mol. The van der Waals surface area contributed by atoms with E-state index in [-0.39, 0.29) is 28.5 Å². The Labute approximate surface area is 132 Å². The van der Waals surface area contributed by atoms with Crippen LogP contribution in [-0.4, -0.2) is 53.2 Å². The minimum Gasteiger partial charge on any atom is -0.452 e. The first-order chi connectivity index (χ1) is 9.47. The summed E-state index contributed by atoms with van der Waals surface area (Å²) in [5.74, 6) is 0.486. The van der Waals surface area contributed by atoms with Crippen molar-refractivity contribution in [3.8, 4) is 0 Å². The number of hydrogen-bond donors (Lipinski definition) is 0. The van der Waals surface area contributed by atoms with Crippen molar-refractivity contribution in [1.82, 2.24) is 4.31 Å². The van der Waals surface area contributed by atoms with Crippen molar-refractivity contribution in [3.05, 3.63) is 16.5 Å². The molecule has 20 heavy (non-hydrogen) atoms. The molecule has 0 spiro atoms. The Morgan fingerprint density at radius 1 is 1.30 bits per heavy atom. The van der Waals surface area contributed by atoms with E-state index < -0.39 is 10.0 Å². The molecule has 0 fully saturated rings. The van der Waals surface area contributed by atoms with Crippen LogP contribution in [0.2, 0.25) is 0 Å². The quantitative estimate of drug-likeness (QED) is 0.604. The fourth-order valence-corrected chi connectivity index (χ4v) is 4.02. The van der Waals surface area contributed by atoms with E-state index in [2.05, 4.69) is 15.9 Å². The van der Waals surface area contributed by atoms with E-state index in [1.807, 2.05) is 0 Å². The van der Waals surface area contributed by atoms with E-state index in [9.17, 15) is 8.42 Å². The number of sulfonamides is 1. The molecule has 0 radical (unpaired) electrons. The molecule has 0 saturated carbocycles. The number of nitrogens with zero attached hydrogens (tertiary/aromatic N) is 1. The maximum absolute atomic E-state index is 12.6. The van der Waals surface area contributed by atoms with Crippen molar-refractivity contribution in [3.63, 3.8) is 0 Å². The fraction of sp³-hybridized carbons (Fsp3) is 0.636. The molecule has 1 aromatic heterocycles. The highest BCUT2D eigenvalue weighted by Crippen LogP contribution is 2.29. The molecule has 0 N–H and O–H groups in total. The minimum absolute atomic E-state index is 0.0559. The normalized spacial score (nSPS) is 12.2. The van der Waals surface area contributed by atoms with Gasteiger partial charge in [0, 0.05) is 33.4 Å². The Hall–Kier alpha value is -0.120. The first-order valence-electron chi connectivity index (χ1n) is 5.79. The minimum atomic E-state index is -3.69. The summed E-state index contributed by atoms with van der Waals surface area (Å²) in [5.41, 5.74) is 0. The van der Waals surface area contributed by atoms with Crippen LogP contribution in [-0.2, 0) is 25.4 Å². The van der Waals surface area contributed by atoms with Gasteiger partial charge in [-0.15, -0.1) is 11.6 Å². The first kappa shape index (κ1) is 17.9. The lowest BCUT2D eigenvalue weighted by Crippen LogP contribution is -2.36. The van der Waals surface area contributed by atoms with Crippen molar-refractivity contribution in [2.45, 2.75) is 10.8 Å². The second-order valence-corrected chi connectivity index (χ2v) is 6.77. The van der Waals surface area contributed by atoms with Crippen LogP contribution in [0.1, 0.15) is 5.76 Å². The van der Waals surface area contributed by atoms with E-state index in [0.717, 1.165) is 0 Å². The van der Waals surface area contributed by atoms with Gasteiger partial charge >= 0.3 is 0 Å². The smallest absolute Gasteiger partial charge is 0.247 e. The lowest BCUT2D eigenvalue weighted by atomic mass is 10.5. The second kappa shape index (κ2) is 8.35. The van der Waals surface area contributed by atoms with Gasteiger partial charge in [-0.05, 0) is 15.9 Å². The highest BCUT2D eigenvalue weighted by molar-refractivity contribution is 9.10. The summed E-state index contributed by atoms with van der Waals surface area (Å²) >= 11 is 8.75.